The molecule has 5 rings (SSSR count). The summed E-state index contributed by atoms with van der Waals surface area (Å²) in [6, 6.07) is 24.0. The van der Waals surface area contributed by atoms with Gasteiger partial charge in [0.15, 0.2) is 0 Å². The van der Waals surface area contributed by atoms with Crippen LogP contribution in [0.2, 0.25) is 19.6 Å². The summed E-state index contributed by atoms with van der Waals surface area (Å²) < 4.78 is 29.1. The van der Waals surface area contributed by atoms with Gasteiger partial charge < -0.3 is 9.80 Å². The van der Waals surface area contributed by atoms with Crippen LogP contribution >= 0.6 is 47.8 Å². The molecule has 43 heavy (non-hydrogen) atoms. The minimum absolute atomic E-state index is 0.596. The fourth-order valence-electron chi connectivity index (χ4n) is 4.06. The number of piperidine rings is 2. The number of benzene rings is 3. The van der Waals surface area contributed by atoms with Crippen molar-refractivity contribution in [1.82, 2.24) is 0 Å². The van der Waals surface area contributed by atoms with E-state index < -0.39 is 20.4 Å². The van der Waals surface area contributed by atoms with Crippen molar-refractivity contribution in [2.75, 3.05) is 36.0 Å². The lowest BCUT2D eigenvalue weighted by Gasteiger charge is -2.30. The zero-order valence-electron chi connectivity index (χ0n) is 25.2. The molecule has 0 unspecified atom stereocenters. The van der Waals surface area contributed by atoms with Gasteiger partial charge in [0.1, 0.15) is 20.4 Å². The average molecular weight is 796 g/mol. The highest BCUT2D eigenvalue weighted by molar-refractivity contribution is 9.11. The van der Waals surface area contributed by atoms with Gasteiger partial charge in [-0.15, -0.1) is 18.4 Å². The van der Waals surface area contributed by atoms with E-state index in [1.165, 1.54) is 5.69 Å². The monoisotopic (exact) mass is 792 g/mol. The first-order valence-electron chi connectivity index (χ1n) is 14.4. The van der Waals surface area contributed by atoms with E-state index in [0.717, 1.165) is 50.8 Å². The van der Waals surface area contributed by atoms with Gasteiger partial charge in [-0.25, -0.2) is 8.78 Å². The SMILES string of the molecule is Brc1ccc(Br)cc1.C#C[Si](C)(C)C.C#Cc1ccc(N2CCC(F)CC2)cc1.FC1CCN(c2ccc(Br)cc2)CC1. The Bertz CT molecular complexity index is 1260. The summed E-state index contributed by atoms with van der Waals surface area (Å²) in [5.74, 6) is 2.59. The summed E-state index contributed by atoms with van der Waals surface area (Å²) in [7, 11) is -1.10. The number of halogens is 5. The topological polar surface area (TPSA) is 6.48 Å². The van der Waals surface area contributed by atoms with E-state index >= 15 is 0 Å². The number of hydrogen-bond donors (Lipinski definition) is 0. The van der Waals surface area contributed by atoms with E-state index in [1.54, 1.807) is 0 Å². The first kappa shape index (κ1) is 37.1. The van der Waals surface area contributed by atoms with Crippen LogP contribution in [0, 0.1) is 24.3 Å². The number of alkyl halides is 2. The van der Waals surface area contributed by atoms with Crippen molar-refractivity contribution < 1.29 is 8.78 Å². The lowest BCUT2D eigenvalue weighted by molar-refractivity contribution is 0.277. The highest BCUT2D eigenvalue weighted by atomic mass is 79.9. The third-order valence-electron chi connectivity index (χ3n) is 6.68. The van der Waals surface area contributed by atoms with Gasteiger partial charge in [-0.05, 0) is 98.5 Å². The van der Waals surface area contributed by atoms with E-state index in [2.05, 4.69) is 101 Å². The van der Waals surface area contributed by atoms with Crippen LogP contribution in [-0.2, 0) is 0 Å². The van der Waals surface area contributed by atoms with Crippen molar-refractivity contribution in [2.45, 2.75) is 57.7 Å². The molecule has 2 saturated heterocycles. The molecule has 3 aromatic rings. The van der Waals surface area contributed by atoms with Crippen molar-refractivity contribution in [3.63, 3.8) is 0 Å². The maximum absolute atomic E-state index is 12.9. The lowest BCUT2D eigenvalue weighted by Crippen LogP contribution is -2.34. The normalized spacial score (nSPS) is 15.3. The summed E-state index contributed by atoms with van der Waals surface area (Å²) in [5.41, 5.74) is 5.97. The molecule has 0 spiro atoms. The quantitative estimate of drug-likeness (QED) is 0.188. The lowest BCUT2D eigenvalue weighted by atomic mass is 10.1. The number of terminal acetylenes is 2. The summed E-state index contributed by atoms with van der Waals surface area (Å²) in [4.78, 5) is 4.44. The maximum Gasteiger partial charge on any atom is 0.128 e. The Balaban J connectivity index is 0.000000213. The molecule has 0 N–H and O–H groups in total. The van der Waals surface area contributed by atoms with E-state index in [1.807, 2.05) is 60.7 Å². The Kier molecular flexibility index (Phi) is 16.7. The van der Waals surface area contributed by atoms with Crippen molar-refractivity contribution in [2.24, 2.45) is 0 Å². The van der Waals surface area contributed by atoms with Crippen molar-refractivity contribution in [3.8, 4) is 24.3 Å². The molecule has 2 fully saturated rings. The van der Waals surface area contributed by atoms with Gasteiger partial charge in [-0.1, -0.05) is 73.4 Å². The molecule has 2 aliphatic rings. The highest BCUT2D eigenvalue weighted by Crippen LogP contribution is 2.23. The second kappa shape index (κ2) is 19.3. The summed E-state index contributed by atoms with van der Waals surface area (Å²) in [5, 5.41) is 0. The Morgan fingerprint density at radius 2 is 0.884 bits per heavy atom. The summed E-state index contributed by atoms with van der Waals surface area (Å²) >= 11 is 10.0. The van der Waals surface area contributed by atoms with Gasteiger partial charge >= 0.3 is 0 Å². The number of anilines is 2. The van der Waals surface area contributed by atoms with Gasteiger partial charge in [0.25, 0.3) is 0 Å². The van der Waals surface area contributed by atoms with Gasteiger partial charge in [-0.3, -0.25) is 0 Å². The third kappa shape index (κ3) is 15.5. The number of nitrogens with zero attached hydrogens (tertiary/aromatic N) is 2. The van der Waals surface area contributed by atoms with Crippen LogP contribution in [0.5, 0.6) is 0 Å². The van der Waals surface area contributed by atoms with Crippen molar-refractivity contribution in [3.05, 3.63) is 91.8 Å². The molecule has 3 aromatic carbocycles. The fraction of sp³-hybridized carbons (Fsp3) is 0.371. The predicted molar refractivity (Wildman–Crippen MR) is 195 cm³/mol. The maximum atomic E-state index is 12.9. The second-order valence-corrected chi connectivity index (χ2v) is 18.9. The third-order valence-corrected chi connectivity index (χ3v) is 9.13. The largest absolute Gasteiger partial charge is 0.371 e. The Labute approximate surface area is 284 Å². The van der Waals surface area contributed by atoms with Crippen LogP contribution in [0.3, 0.4) is 0 Å². The van der Waals surface area contributed by atoms with Crippen molar-refractivity contribution in [1.29, 1.82) is 0 Å². The van der Waals surface area contributed by atoms with Crippen LogP contribution in [0.15, 0.2) is 86.2 Å². The average Bonchev–Trinajstić information content (AvgIpc) is 3.01. The van der Waals surface area contributed by atoms with Crippen LogP contribution in [-0.4, -0.2) is 46.6 Å². The molecule has 0 bridgehead atoms. The molecule has 0 amide bonds. The standard InChI is InChI=1S/C13H14FN.C11H13BrFN.C6H4Br2.C5H10Si/c1-2-11-3-5-13(6-4-11)15-9-7-12(14)8-10-15;12-9-1-3-11(4-2-9)14-7-5-10(13)6-8-14;7-5-1-2-6(8)4-3-5;1-5-6(2,3)4/h1,3-6,12H,7-10H2;1-4,10H,5-8H2;1-4H;1H,2-4H3. The molecule has 0 aliphatic carbocycles. The molecule has 0 radical (unpaired) electrons. The smallest absolute Gasteiger partial charge is 0.128 e. The van der Waals surface area contributed by atoms with Gasteiger partial charge in [0.05, 0.1) is 0 Å². The van der Waals surface area contributed by atoms with Crippen LogP contribution in [0.25, 0.3) is 0 Å². The van der Waals surface area contributed by atoms with Crippen molar-refractivity contribution >= 4 is 67.2 Å². The molecular formula is C35H41Br3F2N2Si. The fourth-order valence-corrected chi connectivity index (χ4v) is 4.86. The Morgan fingerprint density at radius 1 is 0.605 bits per heavy atom. The first-order chi connectivity index (χ1) is 20.4. The first-order valence-corrected chi connectivity index (χ1v) is 20.3. The minimum Gasteiger partial charge on any atom is -0.371 e. The zero-order chi connectivity index (χ0) is 31.8. The van der Waals surface area contributed by atoms with E-state index in [9.17, 15) is 8.78 Å². The zero-order valence-corrected chi connectivity index (χ0v) is 30.9. The predicted octanol–water partition coefficient (Wildman–Crippen LogP) is 10.7. The van der Waals surface area contributed by atoms with Crippen LogP contribution in [0.1, 0.15) is 31.2 Å². The molecule has 0 aromatic heterocycles. The van der Waals surface area contributed by atoms with Crippen LogP contribution in [0.4, 0.5) is 20.2 Å². The van der Waals surface area contributed by atoms with E-state index in [4.69, 9.17) is 12.8 Å². The molecule has 0 atom stereocenters. The molecule has 0 saturated carbocycles. The van der Waals surface area contributed by atoms with Gasteiger partial charge in [0, 0.05) is 56.5 Å². The molecule has 8 heteroatoms. The van der Waals surface area contributed by atoms with Gasteiger partial charge in [0.2, 0.25) is 0 Å². The highest BCUT2D eigenvalue weighted by Gasteiger charge is 2.19. The summed E-state index contributed by atoms with van der Waals surface area (Å²) in [6.45, 7) is 9.71. The molecular weight excluding hydrogens is 754 g/mol. The molecule has 2 aliphatic heterocycles. The molecule has 2 nitrogen and oxygen atoms in total. The van der Waals surface area contributed by atoms with E-state index in [0.29, 0.717) is 25.7 Å². The molecule has 230 valence electrons. The number of hydrogen-bond acceptors (Lipinski definition) is 2. The van der Waals surface area contributed by atoms with Crippen LogP contribution < -0.4 is 9.80 Å². The van der Waals surface area contributed by atoms with Gasteiger partial charge in [-0.2, -0.15) is 0 Å². The number of rotatable bonds is 2. The Morgan fingerprint density at radius 3 is 1.16 bits per heavy atom. The molecule has 2 heterocycles. The second-order valence-electron chi connectivity index (χ2n) is 11.3. The minimum atomic E-state index is -1.10. The summed E-state index contributed by atoms with van der Waals surface area (Å²) in [6.07, 6.45) is 11.8. The van der Waals surface area contributed by atoms with E-state index in [-0.39, 0.29) is 0 Å². The Hall–Kier alpha value is -2.10.